The number of hydrogen-bond donors (Lipinski definition) is 1. The number of nitrogens with one attached hydrogen (secondary N) is 1. The summed E-state index contributed by atoms with van der Waals surface area (Å²) >= 11 is 1.39. The number of rotatable bonds is 5. The highest BCUT2D eigenvalue weighted by molar-refractivity contribution is 7.07. The Hall–Kier alpha value is -1.88. The van der Waals surface area contributed by atoms with Crippen molar-refractivity contribution in [2.24, 2.45) is 5.92 Å². The van der Waals surface area contributed by atoms with E-state index in [1.807, 2.05) is 24.3 Å². The van der Waals surface area contributed by atoms with E-state index in [0.717, 1.165) is 0 Å². The molecule has 0 atom stereocenters. The average Bonchev–Trinajstić information content (AvgIpc) is 2.91. The summed E-state index contributed by atoms with van der Waals surface area (Å²) in [7, 11) is 0. The molecule has 0 aliphatic rings. The molecule has 2 rings (SSSR count). The van der Waals surface area contributed by atoms with Crippen molar-refractivity contribution < 1.29 is 9.53 Å². The van der Waals surface area contributed by atoms with E-state index in [4.69, 9.17) is 4.74 Å². The second-order valence-corrected chi connectivity index (χ2v) is 5.25. The van der Waals surface area contributed by atoms with E-state index >= 15 is 0 Å². The third-order valence-corrected chi connectivity index (χ3v) is 2.96. The molecule has 0 spiro atoms. The number of benzene rings is 1. The molecule has 0 saturated heterocycles. The minimum atomic E-state index is -0.221. The number of amides is 1. The van der Waals surface area contributed by atoms with Crippen LogP contribution >= 0.6 is 11.3 Å². The predicted molar refractivity (Wildman–Crippen MR) is 76.8 cm³/mol. The van der Waals surface area contributed by atoms with Crippen molar-refractivity contribution in [2.75, 3.05) is 11.9 Å². The number of carbonyl (C=O) groups is 1. The highest BCUT2D eigenvalue weighted by Gasteiger charge is 2.11. The Morgan fingerprint density at radius 3 is 2.89 bits per heavy atom. The minimum Gasteiger partial charge on any atom is -0.491 e. The van der Waals surface area contributed by atoms with Crippen LogP contribution in [0, 0.1) is 5.92 Å². The zero-order valence-corrected chi connectivity index (χ0v) is 11.7. The Morgan fingerprint density at radius 2 is 2.21 bits per heavy atom. The zero-order valence-electron chi connectivity index (χ0n) is 10.9. The number of para-hydroxylation sites is 2. The van der Waals surface area contributed by atoms with Crippen molar-refractivity contribution >= 4 is 22.9 Å². The molecule has 0 unspecified atom stereocenters. The maximum atomic E-state index is 11.9. The largest absolute Gasteiger partial charge is 0.491 e. The van der Waals surface area contributed by atoms with Gasteiger partial charge in [-0.05, 0) is 18.1 Å². The summed E-state index contributed by atoms with van der Waals surface area (Å²) in [5.41, 5.74) is 2.72. The highest BCUT2D eigenvalue weighted by atomic mass is 32.1. The van der Waals surface area contributed by atoms with Crippen LogP contribution in [-0.2, 0) is 0 Å². The molecule has 19 heavy (non-hydrogen) atoms. The molecule has 0 saturated carbocycles. The number of hydrogen-bond acceptors (Lipinski definition) is 4. The van der Waals surface area contributed by atoms with Gasteiger partial charge in [-0.3, -0.25) is 4.79 Å². The maximum absolute atomic E-state index is 11.9. The summed E-state index contributed by atoms with van der Waals surface area (Å²) in [5, 5.41) is 4.53. The van der Waals surface area contributed by atoms with Gasteiger partial charge >= 0.3 is 0 Å². The zero-order chi connectivity index (χ0) is 13.7. The molecular weight excluding hydrogens is 260 g/mol. The van der Waals surface area contributed by atoms with Crippen molar-refractivity contribution in [3.05, 3.63) is 40.8 Å². The van der Waals surface area contributed by atoms with Gasteiger partial charge in [0.25, 0.3) is 5.91 Å². The van der Waals surface area contributed by atoms with Crippen molar-refractivity contribution in [3.63, 3.8) is 0 Å². The van der Waals surface area contributed by atoms with Gasteiger partial charge < -0.3 is 10.1 Å². The second-order valence-electron chi connectivity index (χ2n) is 4.53. The first-order valence-electron chi connectivity index (χ1n) is 6.08. The second kappa shape index (κ2) is 6.33. The van der Waals surface area contributed by atoms with Crippen LogP contribution in [0.1, 0.15) is 24.3 Å². The number of ether oxygens (including phenoxy) is 1. The first-order chi connectivity index (χ1) is 9.16. The van der Waals surface area contributed by atoms with Gasteiger partial charge in [-0.1, -0.05) is 26.0 Å². The standard InChI is InChI=1S/C14H16N2O2S/c1-10(2)7-18-13-6-4-3-5-11(13)16-14(17)12-8-19-9-15-12/h3-6,8-10H,7H2,1-2H3,(H,16,17). The monoisotopic (exact) mass is 276 g/mol. The number of nitrogens with zero attached hydrogens (tertiary/aromatic N) is 1. The van der Waals surface area contributed by atoms with Gasteiger partial charge in [0.1, 0.15) is 11.4 Å². The Kier molecular flexibility index (Phi) is 4.52. The average molecular weight is 276 g/mol. The van der Waals surface area contributed by atoms with Crippen LogP contribution in [0.2, 0.25) is 0 Å². The van der Waals surface area contributed by atoms with E-state index in [2.05, 4.69) is 24.1 Å². The summed E-state index contributed by atoms with van der Waals surface area (Å²) < 4.78 is 5.68. The Morgan fingerprint density at radius 1 is 1.42 bits per heavy atom. The lowest BCUT2D eigenvalue weighted by Crippen LogP contribution is -2.14. The lowest BCUT2D eigenvalue weighted by atomic mass is 10.2. The molecule has 5 heteroatoms. The number of thiazole rings is 1. The summed E-state index contributed by atoms with van der Waals surface area (Å²) in [6, 6.07) is 7.41. The van der Waals surface area contributed by atoms with E-state index in [9.17, 15) is 4.79 Å². The van der Waals surface area contributed by atoms with Gasteiger partial charge in [0.2, 0.25) is 0 Å². The van der Waals surface area contributed by atoms with Gasteiger partial charge in [-0.2, -0.15) is 0 Å². The Bertz CT molecular complexity index is 538. The van der Waals surface area contributed by atoms with Gasteiger partial charge in [-0.25, -0.2) is 4.98 Å². The van der Waals surface area contributed by atoms with Crippen LogP contribution in [-0.4, -0.2) is 17.5 Å². The predicted octanol–water partition coefficient (Wildman–Crippen LogP) is 3.43. The fourth-order valence-corrected chi connectivity index (χ4v) is 2.00. The SMILES string of the molecule is CC(C)COc1ccccc1NC(=O)c1cscn1. The van der Waals surface area contributed by atoms with E-state index in [-0.39, 0.29) is 5.91 Å². The summed E-state index contributed by atoms with van der Waals surface area (Å²) in [5.74, 6) is 0.893. The fourth-order valence-electron chi connectivity index (χ4n) is 1.46. The van der Waals surface area contributed by atoms with Crippen LogP contribution in [0.15, 0.2) is 35.2 Å². The van der Waals surface area contributed by atoms with Gasteiger partial charge in [0.15, 0.2) is 0 Å². The molecule has 2 aromatic rings. The summed E-state index contributed by atoms with van der Waals surface area (Å²) in [6.45, 7) is 4.77. The first kappa shape index (κ1) is 13.5. The Balaban J connectivity index is 2.09. The number of carbonyl (C=O) groups excluding carboxylic acids is 1. The normalized spacial score (nSPS) is 10.5. The summed E-state index contributed by atoms with van der Waals surface area (Å²) in [4.78, 5) is 15.9. The molecule has 0 fully saturated rings. The van der Waals surface area contributed by atoms with Gasteiger partial charge in [0.05, 0.1) is 17.8 Å². The van der Waals surface area contributed by atoms with E-state index < -0.39 is 0 Å². The Labute approximate surface area is 116 Å². The van der Waals surface area contributed by atoms with Crippen LogP contribution in [0.25, 0.3) is 0 Å². The number of anilines is 1. The lowest BCUT2D eigenvalue weighted by Gasteiger charge is -2.13. The van der Waals surface area contributed by atoms with E-state index in [1.165, 1.54) is 11.3 Å². The molecule has 1 amide bonds. The molecular formula is C14H16N2O2S. The van der Waals surface area contributed by atoms with Crippen molar-refractivity contribution in [1.29, 1.82) is 0 Å². The molecule has 0 aliphatic heterocycles. The van der Waals surface area contributed by atoms with Crippen LogP contribution in [0.3, 0.4) is 0 Å². The topological polar surface area (TPSA) is 51.2 Å². The van der Waals surface area contributed by atoms with Gasteiger partial charge in [0, 0.05) is 5.38 Å². The maximum Gasteiger partial charge on any atom is 0.275 e. The third kappa shape index (κ3) is 3.79. The molecule has 1 N–H and O–H groups in total. The molecule has 0 bridgehead atoms. The van der Waals surface area contributed by atoms with Gasteiger partial charge in [-0.15, -0.1) is 11.3 Å². The lowest BCUT2D eigenvalue weighted by molar-refractivity contribution is 0.102. The van der Waals surface area contributed by atoms with E-state index in [1.54, 1.807) is 10.9 Å². The molecule has 0 radical (unpaired) electrons. The quantitative estimate of drug-likeness (QED) is 0.910. The highest BCUT2D eigenvalue weighted by Crippen LogP contribution is 2.24. The molecule has 1 aromatic heterocycles. The molecule has 1 aromatic carbocycles. The summed E-state index contributed by atoms with van der Waals surface area (Å²) in [6.07, 6.45) is 0. The minimum absolute atomic E-state index is 0.221. The smallest absolute Gasteiger partial charge is 0.275 e. The first-order valence-corrected chi connectivity index (χ1v) is 7.02. The van der Waals surface area contributed by atoms with Crippen LogP contribution in [0.4, 0.5) is 5.69 Å². The van der Waals surface area contributed by atoms with Crippen molar-refractivity contribution in [3.8, 4) is 5.75 Å². The van der Waals surface area contributed by atoms with Crippen LogP contribution < -0.4 is 10.1 Å². The molecule has 1 heterocycles. The van der Waals surface area contributed by atoms with Crippen molar-refractivity contribution in [1.82, 2.24) is 4.98 Å². The van der Waals surface area contributed by atoms with Crippen molar-refractivity contribution in [2.45, 2.75) is 13.8 Å². The van der Waals surface area contributed by atoms with E-state index in [0.29, 0.717) is 29.7 Å². The number of aromatic nitrogens is 1. The molecule has 4 nitrogen and oxygen atoms in total. The fraction of sp³-hybridized carbons (Fsp3) is 0.286. The van der Waals surface area contributed by atoms with Crippen LogP contribution in [0.5, 0.6) is 5.75 Å². The molecule has 100 valence electrons. The molecule has 0 aliphatic carbocycles. The third-order valence-electron chi connectivity index (χ3n) is 2.37.